The van der Waals surface area contributed by atoms with E-state index in [-0.39, 0.29) is 20.1 Å². The van der Waals surface area contributed by atoms with Crippen molar-refractivity contribution in [3.8, 4) is 11.5 Å². The van der Waals surface area contributed by atoms with E-state index >= 15 is 0 Å². The molecular weight excluding hydrogens is 342 g/mol. The third kappa shape index (κ3) is 4.49. The molecule has 0 atom stereocenters. The van der Waals surface area contributed by atoms with Crippen molar-refractivity contribution in [3.05, 3.63) is 20.1 Å². The van der Waals surface area contributed by atoms with Crippen LogP contribution in [0.1, 0.15) is 27.7 Å². The second kappa shape index (κ2) is 7.84. The molecular formula is C14H18Cl4O2. The maximum Gasteiger partial charge on any atom is 0.182 e. The average Bonchev–Trinajstić information content (AvgIpc) is 2.37. The second-order valence-electron chi connectivity index (χ2n) is 5.32. The fourth-order valence-corrected chi connectivity index (χ4v) is 2.28. The molecule has 6 heteroatoms. The highest BCUT2D eigenvalue weighted by Crippen LogP contribution is 2.50. The minimum absolute atomic E-state index is 0.175. The summed E-state index contributed by atoms with van der Waals surface area (Å²) in [4.78, 5) is 0. The number of ether oxygens (including phenoxy) is 2. The fourth-order valence-electron chi connectivity index (χ4n) is 1.35. The van der Waals surface area contributed by atoms with Crippen LogP contribution in [0, 0.1) is 11.8 Å². The summed E-state index contributed by atoms with van der Waals surface area (Å²) >= 11 is 24.5. The normalized spacial score (nSPS) is 11.3. The van der Waals surface area contributed by atoms with Crippen molar-refractivity contribution in [1.82, 2.24) is 0 Å². The standard InChI is InChI=1S/C14H18Cl4O2/c1-7(2)5-19-13-11(17)9(15)10(16)12(18)14(13)20-6-8(3)4/h7-8H,5-6H2,1-4H3. The molecule has 114 valence electrons. The molecule has 1 aromatic carbocycles. The molecule has 0 aliphatic heterocycles. The minimum atomic E-state index is 0.175. The van der Waals surface area contributed by atoms with Crippen LogP contribution in [0.2, 0.25) is 20.1 Å². The van der Waals surface area contributed by atoms with Crippen molar-refractivity contribution in [2.45, 2.75) is 27.7 Å². The average molecular weight is 360 g/mol. The van der Waals surface area contributed by atoms with Crippen LogP contribution >= 0.6 is 46.4 Å². The highest BCUT2D eigenvalue weighted by atomic mass is 35.5. The number of benzene rings is 1. The topological polar surface area (TPSA) is 18.5 Å². The Kier molecular flexibility index (Phi) is 7.07. The Morgan fingerprint density at radius 2 is 0.950 bits per heavy atom. The first kappa shape index (κ1) is 18.0. The van der Waals surface area contributed by atoms with E-state index in [1.807, 2.05) is 27.7 Å². The Labute approximate surface area is 140 Å². The van der Waals surface area contributed by atoms with Gasteiger partial charge in [0, 0.05) is 0 Å². The third-order valence-electron chi connectivity index (χ3n) is 2.31. The molecule has 0 fully saturated rings. The molecule has 20 heavy (non-hydrogen) atoms. The highest BCUT2D eigenvalue weighted by Gasteiger charge is 2.23. The molecule has 0 amide bonds. The molecule has 0 saturated carbocycles. The van der Waals surface area contributed by atoms with Crippen molar-refractivity contribution in [3.63, 3.8) is 0 Å². The largest absolute Gasteiger partial charge is 0.488 e. The molecule has 0 aliphatic carbocycles. The monoisotopic (exact) mass is 358 g/mol. The second-order valence-corrected chi connectivity index (χ2v) is 6.84. The van der Waals surface area contributed by atoms with Gasteiger partial charge >= 0.3 is 0 Å². The smallest absolute Gasteiger partial charge is 0.182 e. The van der Waals surface area contributed by atoms with Crippen molar-refractivity contribution in [2.75, 3.05) is 13.2 Å². The van der Waals surface area contributed by atoms with Gasteiger partial charge < -0.3 is 9.47 Å². The Morgan fingerprint density at radius 1 is 0.650 bits per heavy atom. The lowest BCUT2D eigenvalue weighted by molar-refractivity contribution is 0.229. The van der Waals surface area contributed by atoms with Crippen LogP contribution in [-0.2, 0) is 0 Å². The van der Waals surface area contributed by atoms with Gasteiger partial charge in [0.1, 0.15) is 10.0 Å². The lowest BCUT2D eigenvalue weighted by Crippen LogP contribution is -2.10. The van der Waals surface area contributed by atoms with Crippen LogP contribution < -0.4 is 9.47 Å². The van der Waals surface area contributed by atoms with E-state index in [0.717, 1.165) is 0 Å². The van der Waals surface area contributed by atoms with Crippen molar-refractivity contribution in [2.24, 2.45) is 11.8 Å². The Balaban J connectivity index is 3.21. The van der Waals surface area contributed by atoms with Gasteiger partial charge in [-0.1, -0.05) is 74.1 Å². The summed E-state index contributed by atoms with van der Waals surface area (Å²) in [5.41, 5.74) is 0. The van der Waals surface area contributed by atoms with Crippen LogP contribution in [0.25, 0.3) is 0 Å². The van der Waals surface area contributed by atoms with Crippen LogP contribution in [0.4, 0.5) is 0 Å². The quantitative estimate of drug-likeness (QED) is 0.434. The Bertz CT molecular complexity index is 430. The molecule has 0 unspecified atom stereocenters. The molecule has 0 saturated heterocycles. The molecule has 0 radical (unpaired) electrons. The van der Waals surface area contributed by atoms with Gasteiger partial charge in [-0.2, -0.15) is 0 Å². The number of hydrogen-bond acceptors (Lipinski definition) is 2. The van der Waals surface area contributed by atoms with Gasteiger partial charge in [-0.3, -0.25) is 0 Å². The summed E-state index contributed by atoms with van der Waals surface area (Å²) in [6.07, 6.45) is 0. The summed E-state index contributed by atoms with van der Waals surface area (Å²) in [6, 6.07) is 0. The zero-order chi connectivity index (χ0) is 15.4. The fraction of sp³-hybridized carbons (Fsp3) is 0.571. The molecule has 2 nitrogen and oxygen atoms in total. The lowest BCUT2D eigenvalue weighted by Gasteiger charge is -2.19. The van der Waals surface area contributed by atoms with Gasteiger partial charge in [0.05, 0.1) is 23.3 Å². The predicted molar refractivity (Wildman–Crippen MR) is 87.1 cm³/mol. The first-order valence-corrected chi connectivity index (χ1v) is 7.88. The molecule has 0 spiro atoms. The van der Waals surface area contributed by atoms with Crippen LogP contribution in [0.3, 0.4) is 0 Å². The highest BCUT2D eigenvalue weighted by molar-refractivity contribution is 6.53. The van der Waals surface area contributed by atoms with E-state index in [1.165, 1.54) is 0 Å². The van der Waals surface area contributed by atoms with E-state index in [0.29, 0.717) is 36.5 Å². The lowest BCUT2D eigenvalue weighted by atomic mass is 10.2. The molecule has 1 aromatic rings. The molecule has 1 rings (SSSR count). The van der Waals surface area contributed by atoms with Gasteiger partial charge in [0.2, 0.25) is 0 Å². The molecule has 0 N–H and O–H groups in total. The van der Waals surface area contributed by atoms with Gasteiger partial charge in [0.15, 0.2) is 11.5 Å². The molecule has 0 heterocycles. The third-order valence-corrected chi connectivity index (χ3v) is 4.07. The van der Waals surface area contributed by atoms with Gasteiger partial charge in [-0.05, 0) is 11.8 Å². The summed E-state index contributed by atoms with van der Waals surface area (Å²) in [6.45, 7) is 9.07. The number of halogens is 4. The summed E-state index contributed by atoms with van der Waals surface area (Å²) in [5.74, 6) is 1.36. The Morgan fingerprint density at radius 3 is 1.20 bits per heavy atom. The minimum Gasteiger partial charge on any atom is -0.488 e. The maximum absolute atomic E-state index is 6.19. The van der Waals surface area contributed by atoms with Crippen LogP contribution in [-0.4, -0.2) is 13.2 Å². The first-order valence-electron chi connectivity index (χ1n) is 6.37. The van der Waals surface area contributed by atoms with E-state index in [2.05, 4.69) is 0 Å². The Hall–Kier alpha value is -0.0200. The zero-order valence-electron chi connectivity index (χ0n) is 11.9. The SMILES string of the molecule is CC(C)COc1c(Cl)c(Cl)c(Cl)c(Cl)c1OCC(C)C. The molecule has 0 aliphatic rings. The van der Waals surface area contributed by atoms with E-state index in [4.69, 9.17) is 55.9 Å². The van der Waals surface area contributed by atoms with E-state index in [9.17, 15) is 0 Å². The van der Waals surface area contributed by atoms with E-state index < -0.39 is 0 Å². The van der Waals surface area contributed by atoms with Gasteiger partial charge in [-0.15, -0.1) is 0 Å². The number of hydrogen-bond donors (Lipinski definition) is 0. The van der Waals surface area contributed by atoms with Crippen LogP contribution in [0.5, 0.6) is 11.5 Å². The van der Waals surface area contributed by atoms with Crippen molar-refractivity contribution >= 4 is 46.4 Å². The van der Waals surface area contributed by atoms with Gasteiger partial charge in [-0.25, -0.2) is 0 Å². The molecule has 0 bridgehead atoms. The summed E-state index contributed by atoms with van der Waals surface area (Å²) < 4.78 is 11.4. The summed E-state index contributed by atoms with van der Waals surface area (Å²) in [7, 11) is 0. The van der Waals surface area contributed by atoms with Gasteiger partial charge in [0.25, 0.3) is 0 Å². The summed E-state index contributed by atoms with van der Waals surface area (Å²) in [5, 5.41) is 0.795. The predicted octanol–water partition coefficient (Wildman–Crippen LogP) is 6.37. The van der Waals surface area contributed by atoms with Crippen LogP contribution in [0.15, 0.2) is 0 Å². The van der Waals surface area contributed by atoms with Crippen molar-refractivity contribution in [1.29, 1.82) is 0 Å². The zero-order valence-corrected chi connectivity index (χ0v) is 14.9. The molecule has 0 aromatic heterocycles. The van der Waals surface area contributed by atoms with Crippen molar-refractivity contribution < 1.29 is 9.47 Å². The first-order chi connectivity index (χ1) is 9.25. The van der Waals surface area contributed by atoms with E-state index in [1.54, 1.807) is 0 Å². The maximum atomic E-state index is 6.19. The number of rotatable bonds is 6.